The lowest BCUT2D eigenvalue weighted by atomic mass is 10.1. The third-order valence-corrected chi connectivity index (χ3v) is 4.90. The molecule has 2 amide bonds. The Bertz CT molecular complexity index is 780. The van der Waals surface area contributed by atoms with Crippen LogP contribution in [-0.2, 0) is 19.1 Å². The van der Waals surface area contributed by atoms with Gasteiger partial charge >= 0.3 is 5.97 Å². The lowest BCUT2D eigenvalue weighted by molar-refractivity contribution is -0.145. The van der Waals surface area contributed by atoms with Crippen molar-refractivity contribution in [3.63, 3.8) is 0 Å². The molecule has 0 radical (unpaired) electrons. The van der Waals surface area contributed by atoms with Crippen LogP contribution in [0.5, 0.6) is 11.5 Å². The number of likely N-dealkylation sites (tertiary alicyclic amines) is 1. The smallest absolute Gasteiger partial charge is 0.344 e. The first kappa shape index (κ1) is 19.9. The molecule has 1 N–H and O–H groups in total. The maximum atomic E-state index is 12.6. The van der Waals surface area contributed by atoms with E-state index in [2.05, 4.69) is 5.32 Å². The molecule has 9 nitrogen and oxygen atoms in total. The lowest BCUT2D eigenvalue weighted by Crippen LogP contribution is -2.46. The average molecular weight is 392 g/mol. The quantitative estimate of drug-likeness (QED) is 0.520. The van der Waals surface area contributed by atoms with Crippen molar-refractivity contribution in [2.24, 2.45) is 0 Å². The van der Waals surface area contributed by atoms with E-state index in [4.69, 9.17) is 18.9 Å². The van der Waals surface area contributed by atoms with Crippen molar-refractivity contribution >= 4 is 17.8 Å². The number of nitrogens with zero attached hydrogens (tertiary/aromatic N) is 1. The minimum atomic E-state index is -0.966. The van der Waals surface area contributed by atoms with Gasteiger partial charge in [0.05, 0.1) is 14.2 Å². The summed E-state index contributed by atoms with van der Waals surface area (Å²) in [5.41, 5.74) is 0.695. The van der Waals surface area contributed by atoms with Crippen molar-refractivity contribution in [1.82, 2.24) is 10.2 Å². The molecule has 1 saturated heterocycles. The van der Waals surface area contributed by atoms with Gasteiger partial charge in [0.25, 0.3) is 0 Å². The second-order valence-corrected chi connectivity index (χ2v) is 6.52. The Morgan fingerprint density at radius 2 is 2.04 bits per heavy atom. The molecule has 2 atom stereocenters. The van der Waals surface area contributed by atoms with Crippen LogP contribution in [0.15, 0.2) is 12.1 Å². The topological polar surface area (TPSA) is 103 Å². The van der Waals surface area contributed by atoms with Crippen molar-refractivity contribution in [1.29, 1.82) is 0 Å². The first-order chi connectivity index (χ1) is 13.5. The fourth-order valence-electron chi connectivity index (χ4n) is 3.59. The maximum Gasteiger partial charge on any atom is 0.344 e. The standard InChI is InChI=1S/C19H24N2O7/c1-25-10-4-9-20-17(23)12-6-8-14(22)21(12)18-11-5-7-13(26-2)16(27-3)15(11)19(24)28-18/h5,7,12,18H,4,6,8-10H2,1-3H3,(H,20,23)/t12-,18+/m0/s1. The van der Waals surface area contributed by atoms with Gasteiger partial charge in [0, 0.05) is 32.2 Å². The fourth-order valence-corrected chi connectivity index (χ4v) is 3.59. The van der Waals surface area contributed by atoms with E-state index in [1.165, 1.54) is 19.1 Å². The van der Waals surface area contributed by atoms with Gasteiger partial charge in [0.15, 0.2) is 11.5 Å². The van der Waals surface area contributed by atoms with Crippen LogP contribution in [0.1, 0.15) is 41.4 Å². The first-order valence-corrected chi connectivity index (χ1v) is 9.07. The van der Waals surface area contributed by atoms with Gasteiger partial charge < -0.3 is 24.3 Å². The normalized spacial score (nSPS) is 20.8. The molecular formula is C19H24N2O7. The Hall–Kier alpha value is -2.81. The second kappa shape index (κ2) is 8.47. The molecular weight excluding hydrogens is 368 g/mol. The molecule has 0 aromatic heterocycles. The summed E-state index contributed by atoms with van der Waals surface area (Å²) >= 11 is 0. The number of ether oxygens (including phenoxy) is 4. The van der Waals surface area contributed by atoms with Gasteiger partial charge in [-0.3, -0.25) is 14.5 Å². The Morgan fingerprint density at radius 3 is 2.71 bits per heavy atom. The predicted molar refractivity (Wildman–Crippen MR) is 97.1 cm³/mol. The summed E-state index contributed by atoms with van der Waals surface area (Å²) in [7, 11) is 4.49. The number of fused-ring (bicyclic) bond motifs is 1. The second-order valence-electron chi connectivity index (χ2n) is 6.52. The van der Waals surface area contributed by atoms with Crippen LogP contribution in [0, 0.1) is 0 Å². The van der Waals surface area contributed by atoms with Crippen LogP contribution in [0.25, 0.3) is 0 Å². The monoisotopic (exact) mass is 392 g/mol. The number of hydrogen-bond acceptors (Lipinski definition) is 7. The summed E-state index contributed by atoms with van der Waals surface area (Å²) in [5, 5.41) is 2.81. The van der Waals surface area contributed by atoms with Gasteiger partial charge in [-0.15, -0.1) is 0 Å². The molecule has 152 valence electrons. The Kier molecular flexibility index (Phi) is 6.03. The SMILES string of the molecule is COCCCNC(=O)[C@@H]1CCC(=O)N1[C@@H]1OC(=O)c2c1ccc(OC)c2OC. The molecule has 0 spiro atoms. The van der Waals surface area contributed by atoms with Crippen molar-refractivity contribution in [3.8, 4) is 11.5 Å². The van der Waals surface area contributed by atoms with Crippen LogP contribution >= 0.6 is 0 Å². The number of carbonyl (C=O) groups is 3. The number of carbonyl (C=O) groups excluding carboxylic acids is 3. The molecule has 0 aliphatic carbocycles. The number of nitrogens with one attached hydrogen (secondary N) is 1. The molecule has 0 saturated carbocycles. The highest BCUT2D eigenvalue weighted by Gasteiger charge is 2.47. The highest BCUT2D eigenvalue weighted by Crippen LogP contribution is 2.45. The zero-order valence-electron chi connectivity index (χ0n) is 16.1. The van der Waals surface area contributed by atoms with Gasteiger partial charge in [0.2, 0.25) is 18.0 Å². The third-order valence-electron chi connectivity index (χ3n) is 4.90. The van der Waals surface area contributed by atoms with Gasteiger partial charge in [-0.25, -0.2) is 4.79 Å². The van der Waals surface area contributed by atoms with Crippen molar-refractivity contribution < 1.29 is 33.3 Å². The average Bonchev–Trinajstić information content (AvgIpc) is 3.24. The zero-order chi connectivity index (χ0) is 20.3. The Morgan fingerprint density at radius 1 is 1.25 bits per heavy atom. The van der Waals surface area contributed by atoms with E-state index in [1.807, 2.05) is 0 Å². The minimum absolute atomic E-state index is 0.214. The summed E-state index contributed by atoms with van der Waals surface area (Å²) < 4.78 is 21.0. The van der Waals surface area contributed by atoms with E-state index < -0.39 is 18.2 Å². The molecule has 1 aromatic carbocycles. The lowest BCUT2D eigenvalue weighted by Gasteiger charge is -2.29. The summed E-state index contributed by atoms with van der Waals surface area (Å²) in [6.45, 7) is 0.972. The maximum absolute atomic E-state index is 12.6. The third kappa shape index (κ3) is 3.49. The molecule has 28 heavy (non-hydrogen) atoms. The molecule has 1 fully saturated rings. The Balaban J connectivity index is 1.86. The van der Waals surface area contributed by atoms with Crippen LogP contribution in [0.2, 0.25) is 0 Å². The number of hydrogen-bond donors (Lipinski definition) is 1. The number of methoxy groups -OCH3 is 3. The largest absolute Gasteiger partial charge is 0.493 e. The fraction of sp³-hybridized carbons (Fsp3) is 0.526. The number of amides is 2. The molecule has 2 aliphatic rings. The van der Waals surface area contributed by atoms with Crippen molar-refractivity contribution in [2.75, 3.05) is 34.5 Å². The molecule has 1 aromatic rings. The number of rotatable bonds is 8. The highest BCUT2D eigenvalue weighted by molar-refractivity contribution is 5.99. The molecule has 2 heterocycles. The van der Waals surface area contributed by atoms with Crippen molar-refractivity contribution in [2.45, 2.75) is 31.5 Å². The van der Waals surface area contributed by atoms with Gasteiger partial charge in [-0.1, -0.05) is 0 Å². The number of esters is 1. The molecule has 2 aliphatic heterocycles. The van der Waals surface area contributed by atoms with E-state index in [0.717, 1.165) is 0 Å². The zero-order valence-corrected chi connectivity index (χ0v) is 16.1. The van der Waals surface area contributed by atoms with E-state index in [-0.39, 0.29) is 29.5 Å². The molecule has 3 rings (SSSR count). The van der Waals surface area contributed by atoms with Gasteiger partial charge in [0.1, 0.15) is 11.6 Å². The molecule has 0 bridgehead atoms. The van der Waals surface area contributed by atoms with Crippen molar-refractivity contribution in [3.05, 3.63) is 23.3 Å². The summed E-state index contributed by atoms with van der Waals surface area (Å²) in [4.78, 5) is 39.0. The summed E-state index contributed by atoms with van der Waals surface area (Å²) in [5.74, 6) is -0.488. The van der Waals surface area contributed by atoms with Crippen LogP contribution in [0.4, 0.5) is 0 Å². The van der Waals surface area contributed by atoms with E-state index in [0.29, 0.717) is 37.3 Å². The first-order valence-electron chi connectivity index (χ1n) is 9.07. The molecule has 0 unspecified atom stereocenters. The minimum Gasteiger partial charge on any atom is -0.493 e. The van der Waals surface area contributed by atoms with E-state index in [1.54, 1.807) is 19.2 Å². The predicted octanol–water partition coefficient (Wildman–Crippen LogP) is 1.02. The number of benzene rings is 1. The Labute approximate surface area is 162 Å². The van der Waals surface area contributed by atoms with Gasteiger partial charge in [-0.05, 0) is 25.0 Å². The summed E-state index contributed by atoms with van der Waals surface area (Å²) in [6, 6.07) is 2.60. The van der Waals surface area contributed by atoms with Crippen LogP contribution < -0.4 is 14.8 Å². The number of cyclic esters (lactones) is 1. The van der Waals surface area contributed by atoms with Gasteiger partial charge in [-0.2, -0.15) is 0 Å². The summed E-state index contributed by atoms with van der Waals surface area (Å²) in [6.07, 6.45) is 0.284. The molecule has 9 heteroatoms. The van der Waals surface area contributed by atoms with Crippen LogP contribution in [0.3, 0.4) is 0 Å². The van der Waals surface area contributed by atoms with E-state index in [9.17, 15) is 14.4 Å². The van der Waals surface area contributed by atoms with E-state index >= 15 is 0 Å². The van der Waals surface area contributed by atoms with Crippen LogP contribution in [-0.4, -0.2) is 63.2 Å². The highest BCUT2D eigenvalue weighted by atomic mass is 16.6.